The van der Waals surface area contributed by atoms with Crippen LogP contribution in [-0.2, 0) is 16.0 Å². The third-order valence-electron chi connectivity index (χ3n) is 3.01. The van der Waals surface area contributed by atoms with Crippen LogP contribution in [0, 0.1) is 6.92 Å². The minimum Gasteiger partial charge on any atom is -0.466 e. The van der Waals surface area contributed by atoms with E-state index in [2.05, 4.69) is 11.1 Å². The van der Waals surface area contributed by atoms with E-state index < -0.39 is 0 Å². The van der Waals surface area contributed by atoms with E-state index in [1.807, 2.05) is 33.9 Å². The molecule has 1 heterocycles. The molecule has 100 valence electrons. The number of nitrogens with zero attached hydrogens (tertiary/aromatic N) is 1. The number of carbonyl (C=O) groups excluding carboxylic acids is 1. The second-order valence-corrected chi connectivity index (χ2v) is 4.30. The van der Waals surface area contributed by atoms with E-state index in [4.69, 9.17) is 4.74 Å². The number of esters is 1. The van der Waals surface area contributed by atoms with Gasteiger partial charge >= 0.3 is 5.97 Å². The maximum absolute atomic E-state index is 11.4. The Morgan fingerprint density at radius 2 is 2.22 bits per heavy atom. The van der Waals surface area contributed by atoms with Gasteiger partial charge in [0.05, 0.1) is 13.0 Å². The molecular formula is C15H23NO2. The van der Waals surface area contributed by atoms with E-state index in [9.17, 15) is 4.79 Å². The minimum atomic E-state index is -0.109. The van der Waals surface area contributed by atoms with Gasteiger partial charge in [0.2, 0.25) is 0 Å². The highest BCUT2D eigenvalue weighted by molar-refractivity contribution is 5.70. The van der Waals surface area contributed by atoms with Crippen molar-refractivity contribution in [1.82, 2.24) is 4.98 Å². The molecule has 0 aliphatic heterocycles. The van der Waals surface area contributed by atoms with Crippen molar-refractivity contribution in [3.05, 3.63) is 29.1 Å². The summed E-state index contributed by atoms with van der Waals surface area (Å²) in [6.07, 6.45) is 4.40. The van der Waals surface area contributed by atoms with Crippen molar-refractivity contribution in [1.29, 1.82) is 0 Å². The summed E-state index contributed by atoms with van der Waals surface area (Å²) in [4.78, 5) is 15.9. The maximum atomic E-state index is 11.4. The van der Waals surface area contributed by atoms with E-state index in [-0.39, 0.29) is 11.9 Å². The number of carbonyl (C=O) groups is 1. The Labute approximate surface area is 110 Å². The molecule has 0 saturated heterocycles. The van der Waals surface area contributed by atoms with Crippen LogP contribution in [0.1, 0.15) is 56.4 Å². The Kier molecular flexibility index (Phi) is 5.83. The Bertz CT molecular complexity index is 401. The normalized spacial score (nSPS) is 16.6. The first-order valence-electron chi connectivity index (χ1n) is 6.81. The van der Waals surface area contributed by atoms with Crippen molar-refractivity contribution in [2.45, 2.75) is 52.9 Å². The number of ether oxygens (including phenoxy) is 1. The molecule has 1 unspecified atom stereocenters. The molecular weight excluding hydrogens is 226 g/mol. The van der Waals surface area contributed by atoms with Crippen LogP contribution in [0.3, 0.4) is 0 Å². The fraction of sp³-hybridized carbons (Fsp3) is 0.600. The fourth-order valence-electron chi connectivity index (χ4n) is 2.29. The van der Waals surface area contributed by atoms with Crippen LogP contribution < -0.4 is 0 Å². The summed E-state index contributed by atoms with van der Waals surface area (Å²) in [5.74, 6) is 0.150. The first kappa shape index (κ1) is 14.7. The van der Waals surface area contributed by atoms with Gasteiger partial charge in [-0.3, -0.25) is 9.78 Å². The smallest absolute Gasteiger partial charge is 0.306 e. The molecule has 0 spiro atoms. The van der Waals surface area contributed by atoms with Gasteiger partial charge in [-0.15, -0.1) is 0 Å². The molecule has 1 aliphatic rings. The SMILES string of the molecule is CC.CCOC(=O)CC1CCc2cc(C)cnc21. The number of fused-ring (bicyclic) bond motifs is 1. The summed E-state index contributed by atoms with van der Waals surface area (Å²) < 4.78 is 4.98. The summed E-state index contributed by atoms with van der Waals surface area (Å²) in [5.41, 5.74) is 3.59. The topological polar surface area (TPSA) is 39.2 Å². The lowest BCUT2D eigenvalue weighted by Crippen LogP contribution is -2.09. The number of aromatic nitrogens is 1. The van der Waals surface area contributed by atoms with Crippen molar-refractivity contribution < 1.29 is 9.53 Å². The Balaban J connectivity index is 0.000000771. The molecule has 0 fully saturated rings. The zero-order valence-corrected chi connectivity index (χ0v) is 11.8. The Morgan fingerprint density at radius 1 is 1.50 bits per heavy atom. The third-order valence-corrected chi connectivity index (χ3v) is 3.01. The highest BCUT2D eigenvalue weighted by Gasteiger charge is 2.26. The second kappa shape index (κ2) is 7.14. The highest BCUT2D eigenvalue weighted by Crippen LogP contribution is 2.34. The van der Waals surface area contributed by atoms with Crippen LogP contribution in [0.2, 0.25) is 0 Å². The summed E-state index contributed by atoms with van der Waals surface area (Å²) in [6.45, 7) is 8.34. The van der Waals surface area contributed by atoms with Crippen LogP contribution >= 0.6 is 0 Å². The van der Waals surface area contributed by atoms with E-state index in [1.165, 1.54) is 11.1 Å². The van der Waals surface area contributed by atoms with E-state index in [0.717, 1.165) is 18.5 Å². The van der Waals surface area contributed by atoms with Gasteiger partial charge in [-0.05, 0) is 37.8 Å². The van der Waals surface area contributed by atoms with Crippen LogP contribution in [0.25, 0.3) is 0 Å². The zero-order chi connectivity index (χ0) is 13.5. The van der Waals surface area contributed by atoms with Crippen molar-refractivity contribution in [2.24, 2.45) is 0 Å². The van der Waals surface area contributed by atoms with E-state index in [1.54, 1.807) is 0 Å². The van der Waals surface area contributed by atoms with Crippen molar-refractivity contribution >= 4 is 5.97 Å². The summed E-state index contributed by atoms with van der Waals surface area (Å²) in [7, 11) is 0. The van der Waals surface area contributed by atoms with Crippen LogP contribution in [0.15, 0.2) is 12.3 Å². The van der Waals surface area contributed by atoms with Crippen LogP contribution in [0.4, 0.5) is 0 Å². The van der Waals surface area contributed by atoms with Crippen molar-refractivity contribution in [2.75, 3.05) is 6.61 Å². The molecule has 0 saturated carbocycles. The van der Waals surface area contributed by atoms with Gasteiger partial charge in [0.25, 0.3) is 0 Å². The first-order valence-corrected chi connectivity index (χ1v) is 6.81. The molecule has 0 aromatic carbocycles. The average molecular weight is 249 g/mol. The second-order valence-electron chi connectivity index (χ2n) is 4.30. The molecule has 0 bridgehead atoms. The zero-order valence-electron chi connectivity index (χ0n) is 11.8. The quantitative estimate of drug-likeness (QED) is 0.771. The molecule has 1 aliphatic carbocycles. The lowest BCUT2D eigenvalue weighted by Gasteiger charge is -2.09. The molecule has 1 aromatic rings. The van der Waals surface area contributed by atoms with Crippen LogP contribution in [0.5, 0.6) is 0 Å². The maximum Gasteiger partial charge on any atom is 0.306 e. The van der Waals surface area contributed by atoms with Gasteiger partial charge < -0.3 is 4.74 Å². The standard InChI is InChI=1S/C13H17NO2.C2H6/c1-3-16-12(15)7-11-5-4-10-6-9(2)8-14-13(10)11;1-2/h6,8,11H,3-5,7H2,1-2H3;1-2H3. The molecule has 3 heteroatoms. The van der Waals surface area contributed by atoms with Gasteiger partial charge in [0.15, 0.2) is 0 Å². The third kappa shape index (κ3) is 3.56. The molecule has 0 amide bonds. The monoisotopic (exact) mass is 249 g/mol. The largest absolute Gasteiger partial charge is 0.466 e. The van der Waals surface area contributed by atoms with E-state index in [0.29, 0.717) is 13.0 Å². The van der Waals surface area contributed by atoms with Gasteiger partial charge in [-0.2, -0.15) is 0 Å². The summed E-state index contributed by atoms with van der Waals surface area (Å²) >= 11 is 0. The Morgan fingerprint density at radius 3 is 2.89 bits per heavy atom. The molecule has 18 heavy (non-hydrogen) atoms. The molecule has 1 atom stereocenters. The average Bonchev–Trinajstić information content (AvgIpc) is 2.74. The fourth-order valence-corrected chi connectivity index (χ4v) is 2.29. The number of hydrogen-bond acceptors (Lipinski definition) is 3. The van der Waals surface area contributed by atoms with Gasteiger partial charge in [-0.25, -0.2) is 0 Å². The minimum absolute atomic E-state index is 0.109. The van der Waals surface area contributed by atoms with Crippen LogP contribution in [-0.4, -0.2) is 17.6 Å². The van der Waals surface area contributed by atoms with Crippen molar-refractivity contribution in [3.8, 4) is 0 Å². The molecule has 0 radical (unpaired) electrons. The van der Waals surface area contributed by atoms with Crippen molar-refractivity contribution in [3.63, 3.8) is 0 Å². The molecule has 1 aromatic heterocycles. The number of hydrogen-bond donors (Lipinski definition) is 0. The highest BCUT2D eigenvalue weighted by atomic mass is 16.5. The summed E-state index contributed by atoms with van der Waals surface area (Å²) in [6, 6.07) is 2.17. The predicted octanol–water partition coefficient (Wildman–Crippen LogP) is 3.40. The number of aryl methyl sites for hydroxylation is 2. The van der Waals surface area contributed by atoms with Gasteiger partial charge in [0, 0.05) is 17.8 Å². The predicted molar refractivity (Wildman–Crippen MR) is 72.6 cm³/mol. The molecule has 0 N–H and O–H groups in total. The Hall–Kier alpha value is -1.38. The van der Waals surface area contributed by atoms with E-state index >= 15 is 0 Å². The molecule has 3 nitrogen and oxygen atoms in total. The molecule has 2 rings (SSSR count). The first-order chi connectivity index (χ1) is 8.70. The number of pyridine rings is 1. The lowest BCUT2D eigenvalue weighted by atomic mass is 10.0. The van der Waals surface area contributed by atoms with Gasteiger partial charge in [0.1, 0.15) is 0 Å². The lowest BCUT2D eigenvalue weighted by molar-refractivity contribution is -0.143. The summed E-state index contributed by atoms with van der Waals surface area (Å²) in [5, 5.41) is 0. The number of rotatable bonds is 3. The van der Waals surface area contributed by atoms with Gasteiger partial charge in [-0.1, -0.05) is 19.9 Å².